The SMILES string of the molecule is CN1CCN([C@@H]2CCCN(c3cnc(C(N)O)c(Nc4ccc(C5CCN(CC6CC(c7cc8o[nH]c(C9CCC(=O)NC9=O)c8c8ccnc78)C6)CC5)cc4)n3)C2)C1=O. The van der Waals surface area contributed by atoms with Gasteiger partial charge in [0.15, 0.2) is 11.4 Å². The van der Waals surface area contributed by atoms with E-state index < -0.39 is 12.1 Å². The Bertz CT molecular complexity index is 2420. The number of piperidine rings is 3. The zero-order valence-electron chi connectivity index (χ0n) is 34.0. The normalized spacial score (nSPS) is 25.0. The van der Waals surface area contributed by atoms with Crippen molar-refractivity contribution < 1.29 is 24.0 Å². The fourth-order valence-corrected chi connectivity index (χ4v) is 10.4. The van der Waals surface area contributed by atoms with Crippen LogP contribution in [0.25, 0.3) is 21.9 Å². The first-order valence-electron chi connectivity index (χ1n) is 21.6. The Kier molecular flexibility index (Phi) is 10.2. The number of urea groups is 1. The molecule has 0 bridgehead atoms. The molecule has 16 nitrogen and oxygen atoms in total. The van der Waals surface area contributed by atoms with Crippen LogP contribution in [0.3, 0.4) is 0 Å². The summed E-state index contributed by atoms with van der Waals surface area (Å²) in [5.74, 6) is 1.68. The van der Waals surface area contributed by atoms with Crippen molar-refractivity contribution in [2.75, 3.05) is 63.1 Å². The number of aromatic nitrogens is 4. The number of imide groups is 1. The highest BCUT2D eigenvalue weighted by molar-refractivity contribution is 6.10. The van der Waals surface area contributed by atoms with Crippen molar-refractivity contribution in [2.45, 2.75) is 81.4 Å². The lowest BCUT2D eigenvalue weighted by Gasteiger charge is -2.41. The highest BCUT2D eigenvalue weighted by atomic mass is 16.5. The number of nitrogens with zero attached hydrogens (tertiary/aromatic N) is 7. The van der Waals surface area contributed by atoms with Crippen molar-refractivity contribution in [3.05, 3.63) is 71.3 Å². The highest BCUT2D eigenvalue weighted by Crippen LogP contribution is 2.47. The Balaban J connectivity index is 0.734. The number of amides is 4. The summed E-state index contributed by atoms with van der Waals surface area (Å²) in [4.78, 5) is 59.9. The van der Waals surface area contributed by atoms with Crippen LogP contribution in [0.4, 0.5) is 22.1 Å². The molecule has 16 heteroatoms. The zero-order valence-corrected chi connectivity index (χ0v) is 34.0. The smallest absolute Gasteiger partial charge is 0.320 e. The topological polar surface area (TPSA) is 202 Å². The maximum Gasteiger partial charge on any atom is 0.320 e. The Labute approximate surface area is 347 Å². The highest BCUT2D eigenvalue weighted by Gasteiger charge is 2.37. The monoisotopic (exact) mass is 815 g/mol. The van der Waals surface area contributed by atoms with E-state index in [9.17, 15) is 19.5 Å². The van der Waals surface area contributed by atoms with Crippen molar-refractivity contribution in [1.82, 2.24) is 40.1 Å². The maximum atomic E-state index is 12.7. The van der Waals surface area contributed by atoms with E-state index in [0.29, 0.717) is 54.5 Å². The number of benzene rings is 2. The summed E-state index contributed by atoms with van der Waals surface area (Å²) in [6, 6.07) is 12.8. The van der Waals surface area contributed by atoms with Crippen molar-refractivity contribution in [2.24, 2.45) is 11.7 Å². The fraction of sp³-hybridized carbons (Fsp3) is 0.500. The number of carbonyl (C=O) groups excluding carboxylic acids is 3. The molecule has 4 amide bonds. The molecule has 1 aliphatic carbocycles. The lowest BCUT2D eigenvalue weighted by molar-refractivity contribution is -0.134. The average molecular weight is 816 g/mol. The van der Waals surface area contributed by atoms with Crippen LogP contribution in [-0.2, 0) is 9.59 Å². The first-order chi connectivity index (χ1) is 29.2. The molecule has 314 valence electrons. The number of likely N-dealkylation sites (tertiary alicyclic amines) is 1. The van der Waals surface area contributed by atoms with Gasteiger partial charge in [0, 0.05) is 63.5 Å². The summed E-state index contributed by atoms with van der Waals surface area (Å²) < 4.78 is 5.94. The molecule has 60 heavy (non-hydrogen) atoms. The van der Waals surface area contributed by atoms with Crippen LogP contribution < -0.4 is 21.3 Å². The van der Waals surface area contributed by atoms with Crippen LogP contribution in [0.5, 0.6) is 0 Å². The third-order valence-electron chi connectivity index (χ3n) is 13.8. The summed E-state index contributed by atoms with van der Waals surface area (Å²) in [6.07, 6.45) is 9.32. The molecule has 6 N–H and O–H groups in total. The third-order valence-corrected chi connectivity index (χ3v) is 13.8. The van der Waals surface area contributed by atoms with E-state index in [1.54, 1.807) is 11.1 Å². The summed E-state index contributed by atoms with van der Waals surface area (Å²) in [6.45, 7) is 6.22. The van der Waals surface area contributed by atoms with Crippen LogP contribution in [-0.4, -0.2) is 117 Å². The maximum absolute atomic E-state index is 12.7. The molecule has 1 saturated carbocycles. The number of hydrogen-bond acceptors (Lipinski definition) is 12. The van der Waals surface area contributed by atoms with Crippen molar-refractivity contribution in [3.8, 4) is 0 Å². The minimum Gasteiger partial charge on any atom is -0.382 e. The summed E-state index contributed by atoms with van der Waals surface area (Å²) >= 11 is 0. The second-order valence-electron chi connectivity index (χ2n) is 17.6. The van der Waals surface area contributed by atoms with Gasteiger partial charge in [0.2, 0.25) is 11.8 Å². The quantitative estimate of drug-likeness (QED) is 0.0933. The Morgan fingerprint density at radius 1 is 0.983 bits per heavy atom. The van der Waals surface area contributed by atoms with Gasteiger partial charge in [-0.2, -0.15) is 0 Å². The van der Waals surface area contributed by atoms with E-state index >= 15 is 0 Å². The first kappa shape index (κ1) is 38.6. The van der Waals surface area contributed by atoms with Crippen molar-refractivity contribution in [3.63, 3.8) is 0 Å². The molecule has 2 aromatic carbocycles. The average Bonchev–Trinajstić information content (AvgIpc) is 3.98. The van der Waals surface area contributed by atoms with Gasteiger partial charge in [0.1, 0.15) is 17.7 Å². The number of carbonyl (C=O) groups is 3. The number of aliphatic hydroxyl groups excluding tert-OH is 1. The van der Waals surface area contributed by atoms with Gasteiger partial charge in [0.25, 0.3) is 0 Å². The first-order valence-corrected chi connectivity index (χ1v) is 21.6. The van der Waals surface area contributed by atoms with Crippen LogP contribution in [0.15, 0.2) is 53.3 Å². The number of likely N-dealkylation sites (N-methyl/N-ethyl adjacent to an activating group) is 1. The minimum atomic E-state index is -1.28. The molecule has 5 aromatic rings. The van der Waals surface area contributed by atoms with Gasteiger partial charge >= 0.3 is 6.03 Å². The number of anilines is 3. The van der Waals surface area contributed by atoms with E-state index in [1.807, 2.05) is 24.2 Å². The molecular weight excluding hydrogens is 763 g/mol. The molecule has 7 heterocycles. The van der Waals surface area contributed by atoms with E-state index in [0.717, 1.165) is 105 Å². The number of hydrogen-bond donors (Lipinski definition) is 5. The van der Waals surface area contributed by atoms with Gasteiger partial charge in [0.05, 0.1) is 34.8 Å². The number of aromatic amines is 1. The van der Waals surface area contributed by atoms with Crippen molar-refractivity contribution >= 4 is 57.0 Å². The third kappa shape index (κ3) is 7.23. The molecule has 4 aliphatic heterocycles. The summed E-state index contributed by atoms with van der Waals surface area (Å²) in [5, 5.41) is 21.1. The molecule has 0 spiro atoms. The molecule has 5 aliphatic rings. The number of aliphatic hydroxyl groups is 1. The predicted molar refractivity (Wildman–Crippen MR) is 226 cm³/mol. The molecule has 0 radical (unpaired) electrons. The number of fused-ring (bicyclic) bond motifs is 3. The Hall–Kier alpha value is -5.58. The zero-order chi connectivity index (χ0) is 41.1. The standard InChI is InChI=1S/C44H53N11O5/c1-52-17-18-55(44(52)59)30-3-2-14-54(24-30)35-22-47-40(41(45)57)42(49-35)48-29-6-4-26(5-7-29)27-11-15-53(16-12-27)23-25-19-28(20-25)33-21-34-37(31-10-13-46-38(31)33)39(51-60-34)32-8-9-36(56)50-43(32)58/h4-7,10,13,21-22,25,27-28,30,32,41,51,57H,2-3,8-9,11-12,14-20,23-24,45H2,1H3,(H,48,49)(H,50,56,58)/t25?,28?,30-,32?,41?/m1/s1. The van der Waals surface area contributed by atoms with E-state index in [1.165, 1.54) is 11.1 Å². The number of nitrogens with two attached hydrogens (primary N) is 1. The van der Waals surface area contributed by atoms with Gasteiger partial charge in [-0.05, 0) is 111 Å². The second-order valence-corrected chi connectivity index (χ2v) is 17.6. The van der Waals surface area contributed by atoms with Gasteiger partial charge in [-0.3, -0.25) is 19.9 Å². The van der Waals surface area contributed by atoms with Gasteiger partial charge < -0.3 is 40.3 Å². The Morgan fingerprint density at radius 2 is 1.80 bits per heavy atom. The largest absolute Gasteiger partial charge is 0.382 e. The van der Waals surface area contributed by atoms with Crippen LogP contribution in [0.2, 0.25) is 0 Å². The van der Waals surface area contributed by atoms with Crippen LogP contribution in [0.1, 0.15) is 97.9 Å². The van der Waals surface area contributed by atoms with E-state index in [4.69, 9.17) is 20.2 Å². The lowest BCUT2D eigenvalue weighted by atomic mass is 9.70. The van der Waals surface area contributed by atoms with Crippen molar-refractivity contribution in [1.29, 1.82) is 0 Å². The summed E-state index contributed by atoms with van der Waals surface area (Å²) in [7, 11) is 1.85. The summed E-state index contributed by atoms with van der Waals surface area (Å²) in [5.41, 5.74) is 12.0. The van der Waals surface area contributed by atoms with Gasteiger partial charge in [-0.1, -0.05) is 12.1 Å². The van der Waals surface area contributed by atoms with Gasteiger partial charge in [-0.25, -0.2) is 19.9 Å². The number of rotatable bonds is 10. The van der Waals surface area contributed by atoms with Crippen LogP contribution >= 0.6 is 0 Å². The molecule has 4 saturated heterocycles. The molecule has 3 aromatic heterocycles. The van der Waals surface area contributed by atoms with E-state index in [-0.39, 0.29) is 29.6 Å². The Morgan fingerprint density at radius 3 is 2.55 bits per heavy atom. The number of H-pyrrole nitrogens is 1. The fourth-order valence-electron chi connectivity index (χ4n) is 10.4. The minimum absolute atomic E-state index is 0.0816. The van der Waals surface area contributed by atoms with Crippen LogP contribution in [0, 0.1) is 5.92 Å². The lowest BCUT2D eigenvalue weighted by Crippen LogP contribution is -2.49. The predicted octanol–water partition coefficient (Wildman–Crippen LogP) is 5.02. The second kappa shape index (κ2) is 15.8. The van der Waals surface area contributed by atoms with E-state index in [2.05, 4.69) is 60.9 Å². The molecule has 5 fully saturated rings. The molecule has 2 unspecified atom stereocenters. The molecular formula is C44H53N11O5. The molecule has 3 atom stereocenters. The van der Waals surface area contributed by atoms with Gasteiger partial charge in [-0.15, -0.1) is 0 Å². The molecule has 10 rings (SSSR count). The number of nitrogens with one attached hydrogen (secondary N) is 3.